The first-order valence-electron chi connectivity index (χ1n) is 8.38. The highest BCUT2D eigenvalue weighted by molar-refractivity contribution is 5.82. The zero-order valence-corrected chi connectivity index (χ0v) is 14.6. The van der Waals surface area contributed by atoms with E-state index in [1.165, 1.54) is 0 Å². The number of hydrogen-bond acceptors (Lipinski definition) is 3. The van der Waals surface area contributed by atoms with Gasteiger partial charge in [0.25, 0.3) is 0 Å². The Kier molecular flexibility index (Phi) is 4.22. The van der Waals surface area contributed by atoms with Gasteiger partial charge in [-0.2, -0.15) is 5.10 Å². The molecule has 1 atom stereocenters. The lowest BCUT2D eigenvalue weighted by molar-refractivity contribution is -0.143. The van der Waals surface area contributed by atoms with Crippen LogP contribution in [0.15, 0.2) is 42.6 Å². The van der Waals surface area contributed by atoms with Gasteiger partial charge in [0.2, 0.25) is 0 Å². The van der Waals surface area contributed by atoms with E-state index in [1.807, 2.05) is 47.3 Å². The van der Waals surface area contributed by atoms with E-state index in [4.69, 9.17) is 0 Å². The number of benzene rings is 1. The second-order valence-electron chi connectivity index (χ2n) is 7.62. The molecule has 0 bridgehead atoms. The topological polar surface area (TPSA) is 58.4 Å². The van der Waals surface area contributed by atoms with Crippen molar-refractivity contribution in [3.8, 4) is 0 Å². The molecule has 5 heteroatoms. The minimum atomic E-state index is -0.812. The number of rotatable bonds is 4. The molecule has 1 aliphatic rings. The summed E-state index contributed by atoms with van der Waals surface area (Å²) in [4.78, 5) is 14.3. The van der Waals surface area contributed by atoms with Crippen molar-refractivity contribution in [1.82, 2.24) is 14.7 Å². The van der Waals surface area contributed by atoms with E-state index >= 15 is 0 Å². The Hall–Kier alpha value is -2.14. The average Bonchev–Trinajstić information content (AvgIpc) is 3.16. The van der Waals surface area contributed by atoms with Gasteiger partial charge in [0, 0.05) is 25.8 Å². The third kappa shape index (κ3) is 2.96. The maximum atomic E-state index is 12.1. The first-order chi connectivity index (χ1) is 11.3. The fraction of sp³-hybridized carbons (Fsp3) is 0.474. The van der Waals surface area contributed by atoms with Crippen molar-refractivity contribution in [2.24, 2.45) is 0 Å². The summed E-state index contributed by atoms with van der Waals surface area (Å²) in [6, 6.07) is 11.6. The number of aromatic nitrogens is 2. The predicted octanol–water partition coefficient (Wildman–Crippen LogP) is 2.87. The lowest BCUT2D eigenvalue weighted by atomic mass is 9.80. The summed E-state index contributed by atoms with van der Waals surface area (Å²) >= 11 is 0. The van der Waals surface area contributed by atoms with Crippen LogP contribution in [0.5, 0.6) is 0 Å². The van der Waals surface area contributed by atoms with Crippen molar-refractivity contribution < 1.29 is 9.90 Å². The van der Waals surface area contributed by atoms with E-state index < -0.39 is 11.4 Å². The third-order valence-corrected chi connectivity index (χ3v) is 4.83. The van der Waals surface area contributed by atoms with Gasteiger partial charge in [0.15, 0.2) is 0 Å². The predicted molar refractivity (Wildman–Crippen MR) is 92.9 cm³/mol. The molecule has 0 amide bonds. The van der Waals surface area contributed by atoms with Crippen molar-refractivity contribution in [1.29, 1.82) is 0 Å². The number of carbonyl (C=O) groups is 1. The number of likely N-dealkylation sites (tertiary alicyclic amines) is 1. The minimum Gasteiger partial charge on any atom is -0.481 e. The summed E-state index contributed by atoms with van der Waals surface area (Å²) in [7, 11) is 0. The van der Waals surface area contributed by atoms with E-state index in [9.17, 15) is 9.90 Å². The molecule has 2 heterocycles. The lowest BCUT2D eigenvalue weighted by Gasteiger charge is -2.27. The summed E-state index contributed by atoms with van der Waals surface area (Å²) in [5.74, 6) is -0.736. The Balaban J connectivity index is 1.82. The zero-order chi connectivity index (χ0) is 17.4. The van der Waals surface area contributed by atoms with Crippen LogP contribution in [0.4, 0.5) is 0 Å². The molecule has 0 spiro atoms. The van der Waals surface area contributed by atoms with Gasteiger partial charge in [0.1, 0.15) is 5.41 Å². The molecule has 2 aromatic rings. The molecule has 1 fully saturated rings. The number of aliphatic carboxylic acids is 1. The van der Waals surface area contributed by atoms with Gasteiger partial charge >= 0.3 is 5.97 Å². The molecular formula is C19H25N3O2. The quantitative estimate of drug-likeness (QED) is 0.938. The summed E-state index contributed by atoms with van der Waals surface area (Å²) < 4.78 is 2.02. The molecule has 1 saturated heterocycles. The van der Waals surface area contributed by atoms with Crippen LogP contribution in [-0.2, 0) is 22.3 Å². The second kappa shape index (κ2) is 6.06. The largest absolute Gasteiger partial charge is 0.481 e. The Morgan fingerprint density at radius 1 is 1.25 bits per heavy atom. The highest BCUT2D eigenvalue weighted by Gasteiger charge is 2.46. The van der Waals surface area contributed by atoms with E-state index in [1.54, 1.807) is 0 Å². The van der Waals surface area contributed by atoms with E-state index in [0.717, 1.165) is 24.3 Å². The van der Waals surface area contributed by atoms with Crippen molar-refractivity contribution in [2.75, 3.05) is 13.1 Å². The molecule has 1 aromatic carbocycles. The number of carboxylic acids is 1. The van der Waals surface area contributed by atoms with E-state index in [2.05, 4.69) is 30.8 Å². The first-order valence-corrected chi connectivity index (χ1v) is 8.38. The molecule has 1 aliphatic heterocycles. The smallest absolute Gasteiger partial charge is 0.315 e. The number of nitrogens with zero attached hydrogens (tertiary/aromatic N) is 3. The Morgan fingerprint density at radius 2 is 1.96 bits per heavy atom. The van der Waals surface area contributed by atoms with E-state index in [-0.39, 0.29) is 5.54 Å². The molecule has 0 aliphatic carbocycles. The fourth-order valence-corrected chi connectivity index (χ4v) is 3.60. The molecule has 1 aromatic heterocycles. The fourth-order valence-electron chi connectivity index (χ4n) is 3.60. The summed E-state index contributed by atoms with van der Waals surface area (Å²) in [6.45, 7) is 8.40. The van der Waals surface area contributed by atoms with Gasteiger partial charge in [-0.05, 0) is 38.8 Å². The highest BCUT2D eigenvalue weighted by Crippen LogP contribution is 2.35. The van der Waals surface area contributed by atoms with Gasteiger partial charge in [-0.3, -0.25) is 14.4 Å². The van der Waals surface area contributed by atoms with Gasteiger partial charge in [-0.25, -0.2) is 0 Å². The summed E-state index contributed by atoms with van der Waals surface area (Å²) in [5.41, 5.74) is 1.12. The Morgan fingerprint density at radius 3 is 2.58 bits per heavy atom. The van der Waals surface area contributed by atoms with Crippen LogP contribution in [0, 0.1) is 0 Å². The molecule has 5 nitrogen and oxygen atoms in total. The number of carboxylic acid groups (broad SMARTS) is 1. The van der Waals surface area contributed by atoms with Gasteiger partial charge < -0.3 is 5.11 Å². The Labute approximate surface area is 142 Å². The van der Waals surface area contributed by atoms with Gasteiger partial charge in [-0.15, -0.1) is 0 Å². The van der Waals surface area contributed by atoms with Crippen molar-refractivity contribution in [2.45, 2.75) is 44.7 Å². The summed E-state index contributed by atoms with van der Waals surface area (Å²) in [6.07, 6.45) is 2.45. The van der Waals surface area contributed by atoms with Crippen LogP contribution in [0.1, 0.15) is 38.4 Å². The van der Waals surface area contributed by atoms with Crippen LogP contribution in [0.2, 0.25) is 0 Å². The van der Waals surface area contributed by atoms with Crippen LogP contribution >= 0.6 is 0 Å². The van der Waals surface area contributed by atoms with Crippen LogP contribution in [-0.4, -0.2) is 38.8 Å². The molecular weight excluding hydrogens is 302 g/mol. The minimum absolute atomic E-state index is 0.0815. The SMILES string of the molecule is CC(C)(C)n1nccc1CN1CCC(C(=O)O)(c2ccccc2)C1. The van der Waals surface area contributed by atoms with E-state index in [0.29, 0.717) is 13.0 Å². The lowest BCUT2D eigenvalue weighted by Crippen LogP contribution is -2.39. The average molecular weight is 327 g/mol. The monoisotopic (exact) mass is 327 g/mol. The van der Waals surface area contributed by atoms with Crippen molar-refractivity contribution in [3.05, 3.63) is 53.9 Å². The zero-order valence-electron chi connectivity index (χ0n) is 14.6. The van der Waals surface area contributed by atoms with Crippen molar-refractivity contribution >= 4 is 5.97 Å². The van der Waals surface area contributed by atoms with Gasteiger partial charge in [-0.1, -0.05) is 30.3 Å². The van der Waals surface area contributed by atoms with Crippen LogP contribution in [0.25, 0.3) is 0 Å². The second-order valence-corrected chi connectivity index (χ2v) is 7.62. The standard InChI is InChI=1S/C19H25N3O2/c1-18(2,3)22-16(9-11-20-22)13-21-12-10-19(14-21,17(23)24)15-7-5-4-6-8-15/h4-9,11H,10,12-14H2,1-3H3,(H,23,24). The summed E-state index contributed by atoms with van der Waals surface area (Å²) in [5, 5.41) is 14.3. The third-order valence-electron chi connectivity index (χ3n) is 4.83. The van der Waals surface area contributed by atoms with Gasteiger partial charge in [0.05, 0.1) is 11.2 Å². The molecule has 0 saturated carbocycles. The molecule has 128 valence electrons. The molecule has 0 radical (unpaired) electrons. The Bertz CT molecular complexity index is 718. The van der Waals surface area contributed by atoms with Crippen LogP contribution in [0.3, 0.4) is 0 Å². The maximum Gasteiger partial charge on any atom is 0.315 e. The normalized spacial score (nSPS) is 22.0. The molecule has 1 N–H and O–H groups in total. The molecule has 24 heavy (non-hydrogen) atoms. The first kappa shape index (κ1) is 16.7. The van der Waals surface area contributed by atoms with Crippen molar-refractivity contribution in [3.63, 3.8) is 0 Å². The molecule has 1 unspecified atom stereocenters. The maximum absolute atomic E-state index is 12.1. The number of hydrogen-bond donors (Lipinski definition) is 1. The molecule has 3 rings (SSSR count). The highest BCUT2D eigenvalue weighted by atomic mass is 16.4. The van der Waals surface area contributed by atoms with Crippen LogP contribution < -0.4 is 0 Å².